The van der Waals surface area contributed by atoms with E-state index in [0.29, 0.717) is 0 Å². The first-order valence-electron chi connectivity index (χ1n) is 13.2. The average Bonchev–Trinajstić information content (AvgIpc) is 2.85. The number of ketones is 1. The Morgan fingerprint density at radius 3 is 1.17 bits per heavy atom. The van der Waals surface area contributed by atoms with Crippen LogP contribution in [0.4, 0.5) is 0 Å². The lowest BCUT2D eigenvalue weighted by Gasteiger charge is -2.36. The van der Waals surface area contributed by atoms with Gasteiger partial charge in [-0.05, 0) is 72.9 Å². The van der Waals surface area contributed by atoms with Crippen LogP contribution in [0.1, 0.15) is 87.2 Å². The van der Waals surface area contributed by atoms with E-state index >= 15 is 0 Å². The fraction of sp³-hybridized carbons (Fsp3) is 0.552. The van der Waals surface area contributed by atoms with E-state index < -0.39 is 19.7 Å². The Hall–Kier alpha value is -1.99. The molecule has 2 aliphatic carbocycles. The first-order chi connectivity index (χ1) is 17.1. The van der Waals surface area contributed by atoms with Crippen molar-refractivity contribution < 1.29 is 21.6 Å². The summed E-state index contributed by atoms with van der Waals surface area (Å²) < 4.78 is 48.2. The van der Waals surface area contributed by atoms with E-state index in [-0.39, 0.29) is 39.2 Å². The van der Waals surface area contributed by atoms with Gasteiger partial charge in [-0.2, -0.15) is 0 Å². The number of carbonyl (C=O) groups excluding carboxylic acids is 1. The third-order valence-corrected chi connectivity index (χ3v) is 10.4. The minimum absolute atomic E-state index is 0.202. The number of hydrogen-bond donors (Lipinski definition) is 0. The minimum atomic E-state index is -3.32. The molecule has 0 amide bonds. The molecule has 2 aromatic rings. The summed E-state index contributed by atoms with van der Waals surface area (Å²) in [6.45, 7) is 0. The molecular weight excluding hydrogens is 492 g/mol. The van der Waals surface area contributed by atoms with Crippen molar-refractivity contribution >= 4 is 25.5 Å². The molecule has 0 N–H and O–H groups in total. The lowest BCUT2D eigenvalue weighted by molar-refractivity contribution is -0.125. The zero-order valence-corrected chi connectivity index (χ0v) is 23.0. The minimum Gasteiger partial charge on any atom is -0.298 e. The van der Waals surface area contributed by atoms with Crippen molar-refractivity contribution in [2.75, 3.05) is 12.5 Å². The summed E-state index contributed by atoms with van der Waals surface area (Å²) in [4.78, 5) is 15.1. The van der Waals surface area contributed by atoms with E-state index in [9.17, 15) is 21.6 Å². The number of hydrogen-bond acceptors (Lipinski definition) is 5. The van der Waals surface area contributed by atoms with Crippen LogP contribution in [0.25, 0.3) is 0 Å². The fourth-order valence-electron chi connectivity index (χ4n) is 6.31. The highest BCUT2D eigenvalue weighted by atomic mass is 32.2. The van der Waals surface area contributed by atoms with E-state index in [0.717, 1.165) is 62.5 Å². The van der Waals surface area contributed by atoms with E-state index in [1.54, 1.807) is 24.3 Å². The molecule has 2 unspecified atom stereocenters. The van der Waals surface area contributed by atoms with Crippen LogP contribution < -0.4 is 0 Å². The van der Waals surface area contributed by atoms with Gasteiger partial charge in [-0.25, -0.2) is 16.8 Å². The molecule has 5 nitrogen and oxygen atoms in total. The normalized spacial score (nSPS) is 20.1. The second-order valence-corrected chi connectivity index (χ2v) is 14.9. The van der Waals surface area contributed by atoms with Gasteiger partial charge in [0, 0.05) is 24.3 Å². The van der Waals surface area contributed by atoms with E-state index in [1.807, 2.05) is 24.3 Å². The lowest BCUT2D eigenvalue weighted by atomic mass is 9.67. The molecule has 2 fully saturated rings. The molecule has 0 bridgehead atoms. The number of rotatable bonds is 8. The summed E-state index contributed by atoms with van der Waals surface area (Å²) in [6.07, 6.45) is 13.2. The van der Waals surface area contributed by atoms with Gasteiger partial charge in [0.15, 0.2) is 19.7 Å². The molecule has 0 aliphatic heterocycles. The Balaban J connectivity index is 1.76. The average molecular weight is 531 g/mol. The predicted molar refractivity (Wildman–Crippen MR) is 143 cm³/mol. The largest absolute Gasteiger partial charge is 0.298 e. The summed E-state index contributed by atoms with van der Waals surface area (Å²) in [5, 5.41) is 0. The third kappa shape index (κ3) is 6.28. The van der Waals surface area contributed by atoms with Crippen LogP contribution in [-0.4, -0.2) is 35.1 Å². The molecule has 0 saturated heterocycles. The molecule has 0 radical (unpaired) electrons. The topological polar surface area (TPSA) is 85.3 Å². The van der Waals surface area contributed by atoms with Gasteiger partial charge in [0.05, 0.1) is 9.79 Å². The van der Waals surface area contributed by atoms with Crippen LogP contribution in [0.3, 0.4) is 0 Å². The van der Waals surface area contributed by atoms with Gasteiger partial charge in [-0.1, -0.05) is 62.8 Å². The highest BCUT2D eigenvalue weighted by Crippen LogP contribution is 2.45. The monoisotopic (exact) mass is 530 g/mol. The van der Waals surface area contributed by atoms with Crippen LogP contribution in [0, 0.1) is 11.8 Å². The van der Waals surface area contributed by atoms with E-state index in [1.165, 1.54) is 25.4 Å². The quantitative estimate of drug-likeness (QED) is 0.412. The summed E-state index contributed by atoms with van der Waals surface area (Å²) in [6, 6.07) is 13.8. The number of benzene rings is 2. The van der Waals surface area contributed by atoms with E-state index in [2.05, 4.69) is 0 Å². The summed E-state index contributed by atoms with van der Waals surface area (Å²) in [5.74, 6) is 0.0855. The SMILES string of the molecule is CS(=O)(=O)c1ccc(C(C(=O)C(c2ccc(S(C)(=O)=O)cc2)C2CCCCC2)C2CCCCC2)cc1. The van der Waals surface area contributed by atoms with Gasteiger partial charge in [-0.3, -0.25) is 4.79 Å². The van der Waals surface area contributed by atoms with Crippen molar-refractivity contribution in [2.24, 2.45) is 11.8 Å². The van der Waals surface area contributed by atoms with Gasteiger partial charge >= 0.3 is 0 Å². The summed E-state index contributed by atoms with van der Waals surface area (Å²) in [5.41, 5.74) is 1.79. The number of sulfone groups is 2. The predicted octanol–water partition coefficient (Wildman–Crippen LogP) is 6.09. The Labute approximate surface area is 216 Å². The molecule has 2 aliphatic rings. The first kappa shape index (κ1) is 27.1. The zero-order chi connectivity index (χ0) is 25.9. The van der Waals surface area contributed by atoms with Gasteiger partial charge in [0.1, 0.15) is 5.78 Å². The molecule has 2 atom stereocenters. The molecule has 2 aromatic carbocycles. The molecule has 0 heterocycles. The first-order valence-corrected chi connectivity index (χ1v) is 17.0. The molecule has 36 heavy (non-hydrogen) atoms. The van der Waals surface area contributed by atoms with Gasteiger partial charge in [-0.15, -0.1) is 0 Å². The van der Waals surface area contributed by atoms with Crippen LogP contribution >= 0.6 is 0 Å². The Bertz CT molecular complexity index is 1150. The van der Waals surface area contributed by atoms with Crippen molar-refractivity contribution in [1.29, 1.82) is 0 Å². The fourth-order valence-corrected chi connectivity index (χ4v) is 7.57. The van der Waals surface area contributed by atoms with Crippen LogP contribution in [0.5, 0.6) is 0 Å². The summed E-state index contributed by atoms with van der Waals surface area (Å²) in [7, 11) is -6.63. The summed E-state index contributed by atoms with van der Waals surface area (Å²) >= 11 is 0. The lowest BCUT2D eigenvalue weighted by Crippen LogP contribution is -2.32. The molecule has 2 saturated carbocycles. The molecule has 4 rings (SSSR count). The van der Waals surface area contributed by atoms with Crippen molar-refractivity contribution in [3.63, 3.8) is 0 Å². The van der Waals surface area contributed by atoms with E-state index in [4.69, 9.17) is 0 Å². The molecule has 196 valence electrons. The maximum Gasteiger partial charge on any atom is 0.175 e. The molecule has 0 spiro atoms. The van der Waals surface area contributed by atoms with Crippen molar-refractivity contribution in [2.45, 2.75) is 85.8 Å². The smallest absolute Gasteiger partial charge is 0.175 e. The second-order valence-electron chi connectivity index (χ2n) is 10.8. The van der Waals surface area contributed by atoms with Gasteiger partial charge in [0.25, 0.3) is 0 Å². The molecular formula is C29H38O5S2. The second kappa shape index (κ2) is 11.2. The Morgan fingerprint density at radius 1 is 0.583 bits per heavy atom. The third-order valence-electron chi connectivity index (χ3n) is 8.19. The Kier molecular flexibility index (Phi) is 8.40. The highest BCUT2D eigenvalue weighted by molar-refractivity contribution is 7.91. The molecule has 7 heteroatoms. The number of carbonyl (C=O) groups is 1. The van der Waals surface area contributed by atoms with Crippen molar-refractivity contribution in [3.8, 4) is 0 Å². The van der Waals surface area contributed by atoms with Gasteiger partial charge in [0.2, 0.25) is 0 Å². The standard InChI is InChI=1S/C29H38O5S2/c1-35(31,32)25-17-13-23(14-18-25)27(21-9-5-3-6-10-21)29(30)28(22-11-7-4-8-12-22)24-15-19-26(20-16-24)36(2,33)34/h13-22,27-28H,3-12H2,1-2H3. The molecule has 0 aromatic heterocycles. The zero-order valence-electron chi connectivity index (χ0n) is 21.4. The van der Waals surface area contributed by atoms with Crippen molar-refractivity contribution in [3.05, 3.63) is 59.7 Å². The number of Topliss-reactive ketones (excluding diaryl/α,β-unsaturated/α-hetero) is 1. The maximum atomic E-state index is 14.6. The van der Waals surface area contributed by atoms with Crippen LogP contribution in [0.2, 0.25) is 0 Å². The Morgan fingerprint density at radius 2 is 0.889 bits per heavy atom. The maximum absolute atomic E-state index is 14.6. The highest BCUT2D eigenvalue weighted by Gasteiger charge is 2.39. The van der Waals surface area contributed by atoms with Crippen LogP contribution in [-0.2, 0) is 24.5 Å². The van der Waals surface area contributed by atoms with Crippen molar-refractivity contribution in [1.82, 2.24) is 0 Å². The van der Waals surface area contributed by atoms with Crippen LogP contribution in [0.15, 0.2) is 58.3 Å². The van der Waals surface area contributed by atoms with Gasteiger partial charge < -0.3 is 0 Å².